The number of methoxy groups -OCH3 is 1. The molecule has 4 rings (SSSR count). The fraction of sp³-hybridized carbons (Fsp3) is 0.263. The molecule has 0 radical (unpaired) electrons. The third kappa shape index (κ3) is 2.28. The molecule has 0 spiro atoms. The van der Waals surface area contributed by atoms with E-state index in [0.717, 1.165) is 28.6 Å². The first-order valence-electron chi connectivity index (χ1n) is 8.23. The summed E-state index contributed by atoms with van der Waals surface area (Å²) in [5.41, 5.74) is 20.3. The number of carbonyl (C=O) groups excluding carboxylic acids is 2. The first-order valence-corrected chi connectivity index (χ1v) is 9.04. The molecule has 2 aromatic carbocycles. The van der Waals surface area contributed by atoms with Crippen LogP contribution in [0.4, 0.5) is 5.69 Å². The van der Waals surface area contributed by atoms with E-state index in [1.54, 1.807) is 19.2 Å². The lowest BCUT2D eigenvalue weighted by Gasteiger charge is -2.39. The van der Waals surface area contributed by atoms with Crippen LogP contribution >= 0.6 is 11.8 Å². The van der Waals surface area contributed by atoms with Crippen LogP contribution in [0.3, 0.4) is 0 Å². The summed E-state index contributed by atoms with van der Waals surface area (Å²) in [7, 11) is 1.59. The van der Waals surface area contributed by atoms with E-state index in [-0.39, 0.29) is 17.3 Å². The number of ether oxygens (including phenoxy) is 1. The van der Waals surface area contributed by atoms with Crippen LogP contribution in [0.25, 0.3) is 0 Å². The minimum absolute atomic E-state index is 0.147. The van der Waals surface area contributed by atoms with E-state index in [0.29, 0.717) is 16.1 Å². The van der Waals surface area contributed by atoms with Gasteiger partial charge in [0.15, 0.2) is 5.78 Å². The summed E-state index contributed by atoms with van der Waals surface area (Å²) in [4.78, 5) is 26.2. The van der Waals surface area contributed by atoms with E-state index >= 15 is 0 Å². The number of nitrogens with two attached hydrogens (primary N) is 3. The van der Waals surface area contributed by atoms with Crippen molar-refractivity contribution in [2.45, 2.75) is 28.8 Å². The van der Waals surface area contributed by atoms with Gasteiger partial charge in [-0.25, -0.2) is 0 Å². The Kier molecular flexibility index (Phi) is 3.83. The molecule has 3 unspecified atom stereocenters. The molecule has 0 saturated carbocycles. The first-order chi connectivity index (χ1) is 12.4. The van der Waals surface area contributed by atoms with Crippen molar-refractivity contribution < 1.29 is 14.3 Å². The van der Waals surface area contributed by atoms with Crippen molar-refractivity contribution in [3.8, 4) is 5.75 Å². The number of thioether (sulfide) groups is 1. The van der Waals surface area contributed by atoms with Gasteiger partial charge in [0.25, 0.3) is 0 Å². The smallest absolute Gasteiger partial charge is 0.203 e. The third-order valence-corrected chi connectivity index (χ3v) is 6.33. The topological polar surface area (TPSA) is 121 Å². The lowest BCUT2D eigenvalue weighted by molar-refractivity contribution is -0.129. The molecule has 0 bridgehead atoms. The number of rotatable bonds is 3. The SMILES string of the molecule is COc1ccc(CC2(N)C(=O)C(N)C3C(=O)Sc4c(N)ccc2c43)cc1. The molecule has 1 aliphatic heterocycles. The Bertz CT molecular complexity index is 928. The molecular weight excluding hydrogens is 350 g/mol. The first kappa shape index (κ1) is 17.1. The van der Waals surface area contributed by atoms with Gasteiger partial charge in [-0.3, -0.25) is 9.59 Å². The highest BCUT2D eigenvalue weighted by molar-refractivity contribution is 8.14. The van der Waals surface area contributed by atoms with E-state index in [9.17, 15) is 9.59 Å². The second-order valence-electron chi connectivity index (χ2n) is 6.73. The van der Waals surface area contributed by atoms with Gasteiger partial charge < -0.3 is 21.9 Å². The van der Waals surface area contributed by atoms with Gasteiger partial charge >= 0.3 is 0 Å². The molecular formula is C19H19N3O3S. The zero-order valence-corrected chi connectivity index (χ0v) is 15.0. The van der Waals surface area contributed by atoms with E-state index in [1.165, 1.54) is 0 Å². The Morgan fingerprint density at radius 2 is 1.85 bits per heavy atom. The lowest BCUT2D eigenvalue weighted by Crippen LogP contribution is -2.59. The van der Waals surface area contributed by atoms with Gasteiger partial charge in [-0.15, -0.1) is 0 Å². The van der Waals surface area contributed by atoms with Gasteiger partial charge in [-0.05, 0) is 46.7 Å². The maximum Gasteiger partial charge on any atom is 0.203 e. The van der Waals surface area contributed by atoms with E-state index < -0.39 is 17.5 Å². The molecule has 0 aromatic heterocycles. The highest BCUT2D eigenvalue weighted by Gasteiger charge is 2.54. The van der Waals surface area contributed by atoms with Gasteiger partial charge in [0.05, 0.1) is 19.1 Å². The van der Waals surface area contributed by atoms with Crippen molar-refractivity contribution >= 4 is 28.3 Å². The Morgan fingerprint density at radius 1 is 1.15 bits per heavy atom. The predicted octanol–water partition coefficient (Wildman–Crippen LogP) is 1.30. The number of benzene rings is 2. The van der Waals surface area contributed by atoms with Gasteiger partial charge in [-0.1, -0.05) is 18.2 Å². The van der Waals surface area contributed by atoms with Crippen LogP contribution in [0.2, 0.25) is 0 Å². The maximum atomic E-state index is 13.1. The molecule has 2 aromatic rings. The molecule has 2 aliphatic rings. The van der Waals surface area contributed by atoms with Crippen LogP contribution in [0.1, 0.15) is 22.6 Å². The molecule has 1 heterocycles. The number of nitrogen functional groups attached to an aromatic ring is 1. The largest absolute Gasteiger partial charge is 0.497 e. The summed E-state index contributed by atoms with van der Waals surface area (Å²) in [6, 6.07) is 9.88. The standard InChI is InChI=1S/C19H19N3O3S/c1-25-10-4-2-9(3-5-10)8-19(22)11-6-7-12(20)16-13(11)14(18(24)26-16)15(21)17(19)23/h2-7,14-15H,8,20-22H2,1H3. The zero-order valence-electron chi connectivity index (χ0n) is 14.2. The molecule has 6 N–H and O–H groups in total. The van der Waals surface area contributed by atoms with Crippen molar-refractivity contribution in [2.75, 3.05) is 12.8 Å². The van der Waals surface area contributed by atoms with Crippen LogP contribution in [0, 0.1) is 0 Å². The summed E-state index contributed by atoms with van der Waals surface area (Å²) in [6.07, 6.45) is 0.283. The Labute approximate surface area is 155 Å². The molecule has 3 atom stereocenters. The molecule has 0 amide bonds. The van der Waals surface area contributed by atoms with Crippen LogP contribution in [0.5, 0.6) is 5.75 Å². The zero-order chi connectivity index (χ0) is 18.6. The van der Waals surface area contributed by atoms with E-state index in [1.807, 2.05) is 24.3 Å². The van der Waals surface area contributed by atoms with Crippen molar-refractivity contribution in [3.63, 3.8) is 0 Å². The fourth-order valence-corrected chi connectivity index (χ4v) is 4.99. The average Bonchev–Trinajstić information content (AvgIpc) is 2.98. The van der Waals surface area contributed by atoms with Crippen LogP contribution in [0.15, 0.2) is 41.3 Å². The van der Waals surface area contributed by atoms with Crippen LogP contribution in [-0.4, -0.2) is 24.1 Å². The van der Waals surface area contributed by atoms with Crippen LogP contribution < -0.4 is 21.9 Å². The van der Waals surface area contributed by atoms with Gasteiger partial charge in [0, 0.05) is 17.0 Å². The summed E-state index contributed by atoms with van der Waals surface area (Å²) < 4.78 is 5.17. The third-order valence-electron chi connectivity index (χ3n) is 5.22. The number of hydrogen-bond acceptors (Lipinski definition) is 7. The van der Waals surface area contributed by atoms with Gasteiger partial charge in [0.2, 0.25) is 5.12 Å². The molecule has 1 aliphatic carbocycles. The number of anilines is 1. The second-order valence-corrected chi connectivity index (χ2v) is 7.74. The van der Waals surface area contributed by atoms with Crippen LogP contribution in [-0.2, 0) is 21.5 Å². The number of Topliss-reactive ketones (excluding diaryl/α,β-unsaturated/α-hetero) is 1. The van der Waals surface area contributed by atoms with Crippen molar-refractivity contribution in [1.29, 1.82) is 0 Å². The normalized spacial score (nSPS) is 26.7. The van der Waals surface area contributed by atoms with Gasteiger partial charge in [-0.2, -0.15) is 0 Å². The summed E-state index contributed by atoms with van der Waals surface area (Å²) >= 11 is 1.05. The van der Waals surface area contributed by atoms with Gasteiger partial charge in [0.1, 0.15) is 11.3 Å². The number of ketones is 1. The van der Waals surface area contributed by atoms with Crippen molar-refractivity contribution in [1.82, 2.24) is 0 Å². The maximum absolute atomic E-state index is 13.1. The minimum Gasteiger partial charge on any atom is -0.497 e. The Morgan fingerprint density at radius 3 is 2.50 bits per heavy atom. The monoisotopic (exact) mass is 369 g/mol. The molecule has 0 saturated heterocycles. The Hall–Kier alpha value is -2.35. The molecule has 0 fully saturated rings. The lowest BCUT2D eigenvalue weighted by atomic mass is 9.67. The second kappa shape index (κ2) is 5.84. The number of hydrogen-bond donors (Lipinski definition) is 3. The fourth-order valence-electron chi connectivity index (χ4n) is 3.87. The summed E-state index contributed by atoms with van der Waals surface area (Å²) in [5, 5.41) is -0.147. The van der Waals surface area contributed by atoms with Crippen molar-refractivity contribution in [3.05, 3.63) is 53.1 Å². The van der Waals surface area contributed by atoms with E-state index in [2.05, 4.69) is 0 Å². The molecule has 26 heavy (non-hydrogen) atoms. The highest BCUT2D eigenvalue weighted by Crippen LogP contribution is 2.52. The summed E-state index contributed by atoms with van der Waals surface area (Å²) in [5.74, 6) is -0.270. The van der Waals surface area contributed by atoms with E-state index in [4.69, 9.17) is 21.9 Å². The number of carbonyl (C=O) groups is 2. The summed E-state index contributed by atoms with van der Waals surface area (Å²) in [6.45, 7) is 0. The van der Waals surface area contributed by atoms with Crippen molar-refractivity contribution in [2.24, 2.45) is 11.5 Å². The molecule has 134 valence electrons. The average molecular weight is 369 g/mol. The quantitative estimate of drug-likeness (QED) is 0.697. The molecule has 7 heteroatoms. The highest BCUT2D eigenvalue weighted by atomic mass is 32.2. The Balaban J connectivity index is 1.85. The predicted molar refractivity (Wildman–Crippen MR) is 100 cm³/mol. The molecule has 6 nitrogen and oxygen atoms in total. The minimum atomic E-state index is -1.30.